The number of nitrogens with zero attached hydrogens (tertiary/aromatic N) is 2. The van der Waals surface area contributed by atoms with E-state index >= 15 is 0 Å². The molecule has 2 N–H and O–H groups in total. The molecule has 2 rings (SSSR count). The van der Waals surface area contributed by atoms with Crippen LogP contribution in [0.4, 0.5) is 11.5 Å². The molecular weight excluding hydrogens is 280 g/mol. The number of hydrogen-bond donors (Lipinski definition) is 2. The third kappa shape index (κ3) is 3.22. The Balaban J connectivity index is 2.33. The van der Waals surface area contributed by atoms with Gasteiger partial charge in [0, 0.05) is 27.3 Å². The number of anilines is 2. The summed E-state index contributed by atoms with van der Waals surface area (Å²) in [6, 6.07) is 10.2. The van der Waals surface area contributed by atoms with Crippen molar-refractivity contribution in [1.29, 1.82) is 0 Å². The molecule has 2 aromatic rings. The second kappa shape index (κ2) is 6.71. The third-order valence-corrected chi connectivity index (χ3v) is 3.10. The number of nitrogens with one attached hydrogen (secondary N) is 2. The lowest BCUT2D eigenvalue weighted by molar-refractivity contribution is 0.0964. The van der Waals surface area contributed by atoms with Crippen molar-refractivity contribution in [3.05, 3.63) is 53.7 Å². The van der Waals surface area contributed by atoms with Crippen LogP contribution in [0.1, 0.15) is 20.7 Å². The number of aromatic nitrogens is 1. The average molecular weight is 298 g/mol. The van der Waals surface area contributed by atoms with Crippen molar-refractivity contribution in [3.8, 4) is 0 Å². The highest BCUT2D eigenvalue weighted by atomic mass is 16.2. The molecule has 22 heavy (non-hydrogen) atoms. The maximum atomic E-state index is 12.5. The fraction of sp³-hybridized carbons (Fsp3) is 0.188. The van der Waals surface area contributed by atoms with E-state index in [1.165, 1.54) is 0 Å². The molecule has 1 aromatic heterocycles. The summed E-state index contributed by atoms with van der Waals surface area (Å²) in [6.07, 6.45) is 1.63. The van der Waals surface area contributed by atoms with E-state index in [2.05, 4.69) is 15.6 Å². The van der Waals surface area contributed by atoms with Crippen LogP contribution in [0.3, 0.4) is 0 Å². The molecule has 0 saturated heterocycles. The van der Waals surface area contributed by atoms with E-state index in [0.29, 0.717) is 22.6 Å². The zero-order chi connectivity index (χ0) is 16.1. The first-order chi connectivity index (χ1) is 10.5. The van der Waals surface area contributed by atoms with E-state index in [-0.39, 0.29) is 11.8 Å². The van der Waals surface area contributed by atoms with Crippen molar-refractivity contribution in [2.75, 3.05) is 31.4 Å². The van der Waals surface area contributed by atoms with Crippen molar-refractivity contribution in [2.24, 2.45) is 0 Å². The van der Waals surface area contributed by atoms with Crippen LogP contribution in [0, 0.1) is 0 Å². The smallest absolute Gasteiger partial charge is 0.259 e. The van der Waals surface area contributed by atoms with Gasteiger partial charge in [0.05, 0.1) is 16.8 Å². The second-order valence-electron chi connectivity index (χ2n) is 4.85. The Bertz CT molecular complexity index is 698. The monoisotopic (exact) mass is 298 g/mol. The minimum Gasteiger partial charge on any atom is -0.362 e. The lowest BCUT2D eigenvalue weighted by Gasteiger charge is -2.16. The molecule has 2 amide bonds. The Labute approximate surface area is 129 Å². The van der Waals surface area contributed by atoms with E-state index < -0.39 is 0 Å². The molecule has 0 unspecified atom stereocenters. The van der Waals surface area contributed by atoms with Gasteiger partial charge in [-0.2, -0.15) is 0 Å². The van der Waals surface area contributed by atoms with Gasteiger partial charge in [-0.05, 0) is 24.3 Å². The fourth-order valence-electron chi connectivity index (χ4n) is 2.05. The molecule has 0 atom stereocenters. The van der Waals surface area contributed by atoms with E-state index in [1.807, 2.05) is 14.1 Å². The standard InChI is InChI=1S/C16H18N4O2/c1-17-15(21)11-7-4-5-9-13(11)19-16(22)12-8-6-10-18-14(12)20(2)3/h4-10H,1-3H3,(H,17,21)(H,19,22). The summed E-state index contributed by atoms with van der Waals surface area (Å²) in [6.45, 7) is 0. The van der Waals surface area contributed by atoms with E-state index in [0.717, 1.165) is 0 Å². The molecule has 114 valence electrons. The summed E-state index contributed by atoms with van der Waals surface area (Å²) in [5, 5.41) is 5.32. The molecule has 0 saturated carbocycles. The lowest BCUT2D eigenvalue weighted by atomic mass is 10.1. The summed E-state index contributed by atoms with van der Waals surface area (Å²) < 4.78 is 0. The molecule has 6 nitrogen and oxygen atoms in total. The van der Waals surface area contributed by atoms with Gasteiger partial charge in [0.25, 0.3) is 11.8 Å². The van der Waals surface area contributed by atoms with E-state index in [4.69, 9.17) is 0 Å². The summed E-state index contributed by atoms with van der Waals surface area (Å²) in [7, 11) is 5.18. The first-order valence-corrected chi connectivity index (χ1v) is 6.79. The number of pyridine rings is 1. The molecule has 0 spiro atoms. The van der Waals surface area contributed by atoms with Gasteiger partial charge >= 0.3 is 0 Å². The first kappa shape index (κ1) is 15.5. The minimum atomic E-state index is -0.312. The quantitative estimate of drug-likeness (QED) is 0.902. The SMILES string of the molecule is CNC(=O)c1ccccc1NC(=O)c1cccnc1N(C)C. The molecule has 0 aliphatic carbocycles. The van der Waals surface area contributed by atoms with Gasteiger partial charge in [0.1, 0.15) is 5.82 Å². The van der Waals surface area contributed by atoms with E-state index in [1.54, 1.807) is 54.5 Å². The first-order valence-electron chi connectivity index (χ1n) is 6.79. The van der Waals surface area contributed by atoms with Gasteiger partial charge in [0.15, 0.2) is 0 Å². The Morgan fingerprint density at radius 3 is 2.36 bits per heavy atom. The highest BCUT2D eigenvalue weighted by Gasteiger charge is 2.16. The van der Waals surface area contributed by atoms with E-state index in [9.17, 15) is 9.59 Å². The summed E-state index contributed by atoms with van der Waals surface area (Å²) in [5.74, 6) is 0.000460. The second-order valence-corrected chi connectivity index (χ2v) is 4.85. The average Bonchev–Trinajstić information content (AvgIpc) is 2.54. The van der Waals surface area contributed by atoms with Crippen LogP contribution >= 0.6 is 0 Å². The summed E-state index contributed by atoms with van der Waals surface area (Å²) in [5.41, 5.74) is 1.31. The molecule has 1 aromatic carbocycles. The maximum Gasteiger partial charge on any atom is 0.259 e. The molecule has 0 bridgehead atoms. The third-order valence-electron chi connectivity index (χ3n) is 3.10. The maximum absolute atomic E-state index is 12.5. The minimum absolute atomic E-state index is 0.255. The molecule has 0 aliphatic heterocycles. The van der Waals surface area contributed by atoms with Crippen molar-refractivity contribution in [1.82, 2.24) is 10.3 Å². The molecule has 0 aliphatic rings. The van der Waals surface area contributed by atoms with Crippen LogP contribution < -0.4 is 15.5 Å². The molecule has 0 radical (unpaired) electrons. The molecule has 1 heterocycles. The number of hydrogen-bond acceptors (Lipinski definition) is 4. The van der Waals surface area contributed by atoms with Gasteiger partial charge in [-0.3, -0.25) is 9.59 Å². The van der Waals surface area contributed by atoms with Crippen LogP contribution in [0.15, 0.2) is 42.6 Å². The Kier molecular flexibility index (Phi) is 4.73. The van der Waals surface area contributed by atoms with Crippen molar-refractivity contribution < 1.29 is 9.59 Å². The number of amides is 2. The summed E-state index contributed by atoms with van der Waals surface area (Å²) >= 11 is 0. The number of benzene rings is 1. The lowest BCUT2D eigenvalue weighted by Crippen LogP contribution is -2.23. The largest absolute Gasteiger partial charge is 0.362 e. The normalized spacial score (nSPS) is 9.95. The Hall–Kier alpha value is -2.89. The van der Waals surface area contributed by atoms with Crippen molar-refractivity contribution in [3.63, 3.8) is 0 Å². The van der Waals surface area contributed by atoms with Crippen molar-refractivity contribution in [2.45, 2.75) is 0 Å². The van der Waals surface area contributed by atoms with Crippen LogP contribution in [0.25, 0.3) is 0 Å². The number of rotatable bonds is 4. The number of carbonyl (C=O) groups excluding carboxylic acids is 2. The predicted octanol–water partition coefficient (Wildman–Crippen LogP) is 1.76. The van der Waals surface area contributed by atoms with Gasteiger partial charge in [-0.15, -0.1) is 0 Å². The fourth-order valence-corrected chi connectivity index (χ4v) is 2.05. The van der Waals surface area contributed by atoms with Gasteiger partial charge < -0.3 is 15.5 Å². The zero-order valence-corrected chi connectivity index (χ0v) is 12.8. The Morgan fingerprint density at radius 1 is 1.00 bits per heavy atom. The highest BCUT2D eigenvalue weighted by Crippen LogP contribution is 2.19. The van der Waals surface area contributed by atoms with Gasteiger partial charge in [-0.1, -0.05) is 12.1 Å². The predicted molar refractivity (Wildman–Crippen MR) is 86.3 cm³/mol. The topological polar surface area (TPSA) is 74.3 Å². The molecule has 0 fully saturated rings. The summed E-state index contributed by atoms with van der Waals surface area (Å²) in [4.78, 5) is 30.3. The van der Waals surface area contributed by atoms with Crippen LogP contribution in [-0.2, 0) is 0 Å². The van der Waals surface area contributed by atoms with Crippen molar-refractivity contribution >= 4 is 23.3 Å². The van der Waals surface area contributed by atoms with Crippen LogP contribution in [0.2, 0.25) is 0 Å². The number of carbonyl (C=O) groups is 2. The molecular formula is C16H18N4O2. The van der Waals surface area contributed by atoms with Gasteiger partial charge in [-0.25, -0.2) is 4.98 Å². The highest BCUT2D eigenvalue weighted by molar-refractivity contribution is 6.10. The zero-order valence-electron chi connectivity index (χ0n) is 12.8. The van der Waals surface area contributed by atoms with Crippen LogP contribution in [-0.4, -0.2) is 37.9 Å². The molecule has 6 heteroatoms. The Morgan fingerprint density at radius 2 is 1.68 bits per heavy atom. The van der Waals surface area contributed by atoms with Crippen LogP contribution in [0.5, 0.6) is 0 Å². The van der Waals surface area contributed by atoms with Gasteiger partial charge in [0.2, 0.25) is 0 Å². The number of para-hydroxylation sites is 1.